The number of aromatic nitrogens is 1. The number of hydrogen-bond donors (Lipinski definition) is 3. The van der Waals surface area contributed by atoms with E-state index in [1.165, 1.54) is 12.0 Å². The molecule has 0 aliphatic rings. The van der Waals surface area contributed by atoms with Crippen LogP contribution in [0.5, 0.6) is 5.75 Å². The van der Waals surface area contributed by atoms with Crippen molar-refractivity contribution in [2.24, 2.45) is 5.73 Å². The van der Waals surface area contributed by atoms with Gasteiger partial charge in [-0.3, -0.25) is 19.3 Å². The van der Waals surface area contributed by atoms with E-state index in [4.69, 9.17) is 16.2 Å². The summed E-state index contributed by atoms with van der Waals surface area (Å²) < 4.78 is 9.40. The first-order valence-corrected chi connectivity index (χ1v) is 13.1. The third-order valence-corrected chi connectivity index (χ3v) is 7.10. The Labute approximate surface area is 236 Å². The van der Waals surface area contributed by atoms with Crippen LogP contribution in [0.15, 0.2) is 78.9 Å². The van der Waals surface area contributed by atoms with E-state index in [2.05, 4.69) is 9.69 Å². The van der Waals surface area contributed by atoms with Crippen molar-refractivity contribution in [1.82, 2.24) is 9.69 Å². The molecule has 0 fully saturated rings. The van der Waals surface area contributed by atoms with Gasteiger partial charge in [0.15, 0.2) is 5.69 Å². The van der Waals surface area contributed by atoms with Gasteiger partial charge >= 0.3 is 0 Å². The monoisotopic (exact) mass is 558 g/mol. The first-order valence-electron chi connectivity index (χ1n) is 12.3. The number of ether oxygens (including phenoxy) is 1. The fourth-order valence-electron chi connectivity index (χ4n) is 4.14. The summed E-state index contributed by atoms with van der Waals surface area (Å²) in [7, 11) is 5.33. The molecule has 1 atom stereocenters. The molecule has 0 unspecified atom stereocenters. The number of nitrogens with one attached hydrogen (secondary N) is 1. The lowest BCUT2D eigenvalue weighted by Gasteiger charge is -2.31. The second-order valence-corrected chi connectivity index (χ2v) is 9.88. The lowest BCUT2D eigenvalue weighted by molar-refractivity contribution is -0.122. The number of methoxy groups -OCH3 is 1. The summed E-state index contributed by atoms with van der Waals surface area (Å²) in [6.07, 6.45) is 0. The Balaban J connectivity index is 1.85. The summed E-state index contributed by atoms with van der Waals surface area (Å²) in [6.45, 7) is 0.251. The minimum absolute atomic E-state index is 0.0117. The summed E-state index contributed by atoms with van der Waals surface area (Å²) in [4.78, 5) is 43.3. The second kappa shape index (κ2) is 12.3. The van der Waals surface area contributed by atoms with E-state index < -0.39 is 23.8 Å². The minimum atomic E-state index is -1.11. The minimum Gasteiger partial charge on any atom is -0.497 e. The summed E-state index contributed by atoms with van der Waals surface area (Å²) in [6, 6.07) is 22.5. The van der Waals surface area contributed by atoms with Crippen LogP contribution in [0.2, 0.25) is 0 Å². The fourth-order valence-corrected chi connectivity index (χ4v) is 4.88. The Morgan fingerprint density at radius 1 is 0.975 bits per heavy atom. The quantitative estimate of drug-likeness (QED) is 0.270. The largest absolute Gasteiger partial charge is 0.497 e. The van der Waals surface area contributed by atoms with Gasteiger partial charge in [-0.05, 0) is 46.9 Å². The summed E-state index contributed by atoms with van der Waals surface area (Å²) in [5, 5.41) is 2.97. The molecule has 40 heavy (non-hydrogen) atoms. The van der Waals surface area contributed by atoms with Gasteiger partial charge in [-0.2, -0.15) is 4.37 Å². The maximum absolute atomic E-state index is 14.2. The smallest absolute Gasteiger partial charge is 0.273 e. The highest BCUT2D eigenvalue weighted by atomic mass is 32.1. The molecule has 1 heterocycles. The molecule has 0 aliphatic carbocycles. The van der Waals surface area contributed by atoms with Crippen molar-refractivity contribution in [1.29, 1.82) is 0 Å². The van der Waals surface area contributed by atoms with Gasteiger partial charge in [-0.1, -0.05) is 48.5 Å². The normalized spacial score (nSPS) is 11.4. The van der Waals surface area contributed by atoms with Crippen molar-refractivity contribution in [2.75, 3.05) is 36.7 Å². The lowest BCUT2D eigenvalue weighted by Crippen LogP contribution is -2.44. The van der Waals surface area contributed by atoms with E-state index in [-0.39, 0.29) is 22.8 Å². The van der Waals surface area contributed by atoms with E-state index in [1.54, 1.807) is 36.4 Å². The molecule has 0 aliphatic heterocycles. The number of benzene rings is 3. The first kappa shape index (κ1) is 28.1. The molecular formula is C29H30N6O4S. The van der Waals surface area contributed by atoms with Gasteiger partial charge in [0, 0.05) is 38.1 Å². The Kier molecular flexibility index (Phi) is 8.65. The van der Waals surface area contributed by atoms with E-state index >= 15 is 0 Å². The third-order valence-electron chi connectivity index (χ3n) is 6.25. The van der Waals surface area contributed by atoms with Crippen LogP contribution in [0.4, 0.5) is 17.1 Å². The van der Waals surface area contributed by atoms with Crippen molar-refractivity contribution in [3.05, 3.63) is 101 Å². The Hall–Kier alpha value is -4.90. The number of nitrogen functional groups attached to an aromatic ring is 1. The summed E-state index contributed by atoms with van der Waals surface area (Å²) in [5.74, 6) is -1.41. The van der Waals surface area contributed by atoms with E-state index in [0.717, 1.165) is 22.8 Å². The molecule has 4 aromatic rings. The van der Waals surface area contributed by atoms with Crippen molar-refractivity contribution in [3.63, 3.8) is 0 Å². The molecular weight excluding hydrogens is 528 g/mol. The average molecular weight is 559 g/mol. The zero-order valence-corrected chi connectivity index (χ0v) is 23.1. The highest BCUT2D eigenvalue weighted by Crippen LogP contribution is 2.35. The van der Waals surface area contributed by atoms with Gasteiger partial charge in [0.2, 0.25) is 5.91 Å². The van der Waals surface area contributed by atoms with Gasteiger partial charge in [-0.15, -0.1) is 0 Å². The number of nitrogens with zero attached hydrogens (tertiary/aromatic N) is 3. The SMILES string of the molecule is COc1cccc(N(C(=O)c2snc(C(N)=O)c2N)[C@H](C(=O)NCc2ccccc2)c2ccc(N(C)C)cc2)c1. The molecule has 0 radical (unpaired) electrons. The standard InChI is InChI=1S/C29H30N6O4S/c1-34(2)20-14-12-19(13-15-20)25(28(37)32-17-18-8-5-4-6-9-18)35(21-10-7-11-22(16-21)39-3)29(38)26-23(30)24(27(31)36)33-40-26/h4-16,25H,17,30H2,1-3H3,(H2,31,36)(H,32,37)/t25-/m0/s1. The number of rotatable bonds is 10. The van der Waals surface area contributed by atoms with Gasteiger partial charge < -0.3 is 26.4 Å². The van der Waals surface area contributed by atoms with Crippen molar-refractivity contribution in [2.45, 2.75) is 12.6 Å². The van der Waals surface area contributed by atoms with Gasteiger partial charge in [0.25, 0.3) is 11.8 Å². The van der Waals surface area contributed by atoms with Gasteiger partial charge in [0.05, 0.1) is 12.8 Å². The van der Waals surface area contributed by atoms with Crippen LogP contribution in [0.1, 0.15) is 37.3 Å². The molecule has 206 valence electrons. The van der Waals surface area contributed by atoms with Gasteiger partial charge in [-0.25, -0.2) is 0 Å². The molecule has 10 nitrogen and oxygen atoms in total. The van der Waals surface area contributed by atoms with Crippen molar-refractivity contribution >= 4 is 46.3 Å². The molecule has 3 amide bonds. The topological polar surface area (TPSA) is 144 Å². The molecule has 0 spiro atoms. The van der Waals surface area contributed by atoms with Crippen molar-refractivity contribution < 1.29 is 19.1 Å². The highest BCUT2D eigenvalue weighted by molar-refractivity contribution is 7.09. The van der Waals surface area contributed by atoms with Gasteiger partial charge in [0.1, 0.15) is 16.7 Å². The summed E-state index contributed by atoms with van der Waals surface area (Å²) in [5.41, 5.74) is 14.0. The van der Waals surface area contributed by atoms with E-state index in [1.807, 2.05) is 61.5 Å². The van der Waals surface area contributed by atoms with Crippen LogP contribution in [0.25, 0.3) is 0 Å². The first-order chi connectivity index (χ1) is 19.2. The maximum Gasteiger partial charge on any atom is 0.273 e. The predicted molar refractivity (Wildman–Crippen MR) is 157 cm³/mol. The van der Waals surface area contributed by atoms with Crippen LogP contribution in [-0.4, -0.2) is 43.3 Å². The molecule has 5 N–H and O–H groups in total. The molecule has 3 aromatic carbocycles. The molecule has 0 saturated carbocycles. The van der Waals surface area contributed by atoms with Crippen molar-refractivity contribution in [3.8, 4) is 5.75 Å². The lowest BCUT2D eigenvalue weighted by atomic mass is 10.0. The number of carbonyl (C=O) groups excluding carboxylic acids is 3. The van der Waals surface area contributed by atoms with Crippen LogP contribution in [0, 0.1) is 0 Å². The number of anilines is 3. The third kappa shape index (κ3) is 6.05. The number of hydrogen-bond acceptors (Lipinski definition) is 8. The number of amides is 3. The number of carbonyl (C=O) groups is 3. The number of nitrogens with two attached hydrogens (primary N) is 2. The molecule has 4 rings (SSSR count). The maximum atomic E-state index is 14.2. The second-order valence-electron chi connectivity index (χ2n) is 9.11. The zero-order chi connectivity index (χ0) is 28.8. The fraction of sp³-hybridized carbons (Fsp3) is 0.172. The number of primary amides is 1. The average Bonchev–Trinajstić information content (AvgIpc) is 3.36. The molecule has 0 saturated heterocycles. The highest BCUT2D eigenvalue weighted by Gasteiger charge is 2.36. The van der Waals surface area contributed by atoms with Crippen LogP contribution in [-0.2, 0) is 11.3 Å². The van der Waals surface area contributed by atoms with E-state index in [9.17, 15) is 14.4 Å². The van der Waals surface area contributed by atoms with Crippen LogP contribution >= 0.6 is 11.5 Å². The zero-order valence-electron chi connectivity index (χ0n) is 22.3. The molecule has 0 bridgehead atoms. The molecule has 1 aromatic heterocycles. The summed E-state index contributed by atoms with van der Waals surface area (Å²) >= 11 is 0.750. The van der Waals surface area contributed by atoms with Crippen LogP contribution in [0.3, 0.4) is 0 Å². The predicted octanol–water partition coefficient (Wildman–Crippen LogP) is 3.60. The Morgan fingerprint density at radius 3 is 2.27 bits per heavy atom. The van der Waals surface area contributed by atoms with E-state index in [0.29, 0.717) is 17.0 Å². The Bertz CT molecular complexity index is 1500. The van der Waals surface area contributed by atoms with Crippen LogP contribution < -0.4 is 31.3 Å². The Morgan fingerprint density at radius 2 is 1.68 bits per heavy atom. The molecule has 11 heteroatoms.